The number of nitrogens with one attached hydrogen (secondary N) is 2. The maximum atomic E-state index is 12.6. The van der Waals surface area contributed by atoms with Crippen LogP contribution in [0.2, 0.25) is 0 Å². The van der Waals surface area contributed by atoms with Crippen molar-refractivity contribution < 1.29 is 14.3 Å². The monoisotopic (exact) mass is 412 g/mol. The van der Waals surface area contributed by atoms with Gasteiger partial charge in [0.15, 0.2) is 5.69 Å². The number of ether oxygens (including phenoxy) is 1. The second kappa shape index (κ2) is 8.83. The topological polar surface area (TPSA) is 101 Å². The summed E-state index contributed by atoms with van der Waals surface area (Å²) in [5.74, 6) is -0.235. The van der Waals surface area contributed by atoms with Gasteiger partial charge < -0.3 is 20.3 Å². The summed E-state index contributed by atoms with van der Waals surface area (Å²) >= 11 is 0. The van der Waals surface area contributed by atoms with Gasteiger partial charge in [0.25, 0.3) is 5.91 Å². The third-order valence-corrected chi connectivity index (χ3v) is 5.71. The van der Waals surface area contributed by atoms with Gasteiger partial charge in [-0.05, 0) is 50.3 Å². The van der Waals surface area contributed by atoms with Crippen molar-refractivity contribution in [1.82, 2.24) is 30.5 Å². The normalized spacial score (nSPS) is 18.2. The summed E-state index contributed by atoms with van der Waals surface area (Å²) in [6.07, 6.45) is 2.81. The zero-order valence-corrected chi connectivity index (χ0v) is 17.5. The van der Waals surface area contributed by atoms with Gasteiger partial charge >= 0.3 is 6.03 Å². The number of nitrogens with zero attached hydrogens (tertiary/aromatic N) is 4. The summed E-state index contributed by atoms with van der Waals surface area (Å²) in [4.78, 5) is 26.6. The van der Waals surface area contributed by atoms with Gasteiger partial charge in [-0.2, -0.15) is 0 Å². The van der Waals surface area contributed by atoms with Crippen molar-refractivity contribution in [3.63, 3.8) is 0 Å². The molecule has 3 heterocycles. The Morgan fingerprint density at radius 1 is 1.30 bits per heavy atom. The van der Waals surface area contributed by atoms with Crippen LogP contribution >= 0.6 is 0 Å². The molecule has 2 aliphatic rings. The summed E-state index contributed by atoms with van der Waals surface area (Å²) in [6.45, 7) is 6.81. The van der Waals surface area contributed by atoms with Gasteiger partial charge in [-0.1, -0.05) is 17.3 Å². The van der Waals surface area contributed by atoms with Crippen LogP contribution in [-0.2, 0) is 17.7 Å². The number of rotatable bonds is 5. The van der Waals surface area contributed by atoms with Crippen molar-refractivity contribution in [1.29, 1.82) is 0 Å². The number of urea groups is 1. The summed E-state index contributed by atoms with van der Waals surface area (Å²) < 4.78 is 7.28. The highest BCUT2D eigenvalue weighted by atomic mass is 16.5. The van der Waals surface area contributed by atoms with Crippen molar-refractivity contribution in [2.24, 2.45) is 0 Å². The first-order valence-electron chi connectivity index (χ1n) is 10.5. The molecular weight excluding hydrogens is 384 g/mol. The van der Waals surface area contributed by atoms with E-state index in [0.717, 1.165) is 42.7 Å². The van der Waals surface area contributed by atoms with Crippen LogP contribution in [0.5, 0.6) is 0 Å². The van der Waals surface area contributed by atoms with Crippen LogP contribution in [0.1, 0.15) is 47.1 Å². The molecule has 9 heteroatoms. The summed E-state index contributed by atoms with van der Waals surface area (Å²) in [5, 5.41) is 14.2. The van der Waals surface area contributed by atoms with Gasteiger partial charge in [-0.25, -0.2) is 9.48 Å². The maximum absolute atomic E-state index is 12.6. The number of amides is 3. The fourth-order valence-corrected chi connectivity index (χ4v) is 4.09. The minimum absolute atomic E-state index is 0.0457. The molecule has 0 bridgehead atoms. The molecule has 2 N–H and O–H groups in total. The molecule has 30 heavy (non-hydrogen) atoms. The van der Waals surface area contributed by atoms with Gasteiger partial charge in [0.2, 0.25) is 0 Å². The van der Waals surface area contributed by atoms with Crippen LogP contribution in [0.4, 0.5) is 4.79 Å². The first-order chi connectivity index (χ1) is 14.6. The highest BCUT2D eigenvalue weighted by Gasteiger charge is 2.25. The Hall–Kier alpha value is -2.94. The number of carbonyl (C=O) groups is 2. The fourth-order valence-electron chi connectivity index (χ4n) is 4.09. The summed E-state index contributed by atoms with van der Waals surface area (Å²) in [7, 11) is 0. The van der Waals surface area contributed by atoms with E-state index in [9.17, 15) is 9.59 Å². The van der Waals surface area contributed by atoms with Crippen LogP contribution in [0.15, 0.2) is 18.2 Å². The molecule has 1 fully saturated rings. The molecule has 0 saturated carbocycles. The van der Waals surface area contributed by atoms with Crippen molar-refractivity contribution in [3.05, 3.63) is 40.7 Å². The van der Waals surface area contributed by atoms with E-state index < -0.39 is 0 Å². The minimum Gasteiger partial charge on any atom is -0.376 e. The number of carbonyl (C=O) groups excluding carboxylic acids is 2. The molecule has 2 aliphatic heterocycles. The molecular formula is C21H28N6O3. The smallest absolute Gasteiger partial charge is 0.317 e. The second-order valence-corrected chi connectivity index (χ2v) is 7.70. The molecule has 1 saturated heterocycles. The molecule has 1 atom stereocenters. The Kier molecular flexibility index (Phi) is 5.98. The quantitative estimate of drug-likeness (QED) is 0.776. The average molecular weight is 412 g/mol. The van der Waals surface area contributed by atoms with Crippen LogP contribution < -0.4 is 10.6 Å². The number of fused-ring (bicyclic) bond motifs is 1. The lowest BCUT2D eigenvalue weighted by Crippen LogP contribution is -2.42. The van der Waals surface area contributed by atoms with E-state index >= 15 is 0 Å². The third kappa shape index (κ3) is 4.02. The average Bonchev–Trinajstić information content (AvgIpc) is 3.41. The van der Waals surface area contributed by atoms with Gasteiger partial charge in [-0.3, -0.25) is 4.79 Å². The number of hydrogen-bond acceptors (Lipinski definition) is 5. The molecule has 0 spiro atoms. The Bertz CT molecular complexity index is 935. The Morgan fingerprint density at radius 3 is 2.93 bits per heavy atom. The maximum Gasteiger partial charge on any atom is 0.317 e. The third-order valence-electron chi connectivity index (χ3n) is 5.71. The Labute approximate surface area is 175 Å². The number of hydrogen-bond donors (Lipinski definition) is 2. The van der Waals surface area contributed by atoms with Gasteiger partial charge in [0.1, 0.15) is 0 Å². The van der Waals surface area contributed by atoms with E-state index in [1.165, 1.54) is 0 Å². The molecule has 0 aliphatic carbocycles. The lowest BCUT2D eigenvalue weighted by Gasteiger charge is -2.30. The van der Waals surface area contributed by atoms with E-state index in [4.69, 9.17) is 4.74 Å². The van der Waals surface area contributed by atoms with E-state index in [1.807, 2.05) is 36.9 Å². The zero-order chi connectivity index (χ0) is 21.1. The largest absolute Gasteiger partial charge is 0.376 e. The van der Waals surface area contributed by atoms with Crippen LogP contribution in [-0.4, -0.2) is 64.2 Å². The van der Waals surface area contributed by atoms with Crippen molar-refractivity contribution in [2.45, 2.75) is 45.8 Å². The standard InChI is InChI=1S/C21H28N6O3/c1-3-22-21(29)26-10-9-17-15(13-26)6-4-8-18(17)27-14(2)19(24-25-27)20(28)23-12-16-7-5-11-30-16/h4,6,8,16H,3,5,7,9-13H2,1-2H3,(H,22,29)(H,23,28)/t16-/m0/s1. The molecule has 1 aromatic carbocycles. The van der Waals surface area contributed by atoms with Gasteiger partial charge in [-0.15, -0.1) is 5.10 Å². The lowest BCUT2D eigenvalue weighted by atomic mass is 9.98. The van der Waals surface area contributed by atoms with Crippen LogP contribution in [0.3, 0.4) is 0 Å². The van der Waals surface area contributed by atoms with Crippen molar-refractivity contribution in [2.75, 3.05) is 26.2 Å². The fraction of sp³-hybridized carbons (Fsp3) is 0.524. The lowest BCUT2D eigenvalue weighted by molar-refractivity contribution is 0.0853. The minimum atomic E-state index is -0.235. The molecule has 160 valence electrons. The van der Waals surface area contributed by atoms with E-state index in [1.54, 1.807) is 4.68 Å². The molecule has 3 amide bonds. The van der Waals surface area contributed by atoms with Crippen LogP contribution in [0, 0.1) is 6.92 Å². The highest BCUT2D eigenvalue weighted by molar-refractivity contribution is 5.93. The second-order valence-electron chi connectivity index (χ2n) is 7.70. The van der Waals surface area contributed by atoms with E-state index in [0.29, 0.717) is 37.6 Å². The Balaban J connectivity index is 1.52. The number of aromatic nitrogens is 3. The van der Waals surface area contributed by atoms with Gasteiger partial charge in [0, 0.05) is 32.8 Å². The van der Waals surface area contributed by atoms with Gasteiger partial charge in [0.05, 0.1) is 17.5 Å². The zero-order valence-electron chi connectivity index (χ0n) is 17.5. The van der Waals surface area contributed by atoms with E-state index in [-0.39, 0.29) is 18.0 Å². The summed E-state index contributed by atoms with van der Waals surface area (Å²) in [5.41, 5.74) is 4.15. The molecule has 0 radical (unpaired) electrons. The molecule has 9 nitrogen and oxygen atoms in total. The van der Waals surface area contributed by atoms with Crippen molar-refractivity contribution >= 4 is 11.9 Å². The molecule has 2 aromatic rings. The molecule has 1 aromatic heterocycles. The first kappa shape index (κ1) is 20.3. The SMILES string of the molecule is CCNC(=O)N1CCc2c(cccc2-n2nnc(C(=O)NC[C@@H]3CCCO3)c2C)C1. The first-order valence-corrected chi connectivity index (χ1v) is 10.5. The van der Waals surface area contributed by atoms with Crippen LogP contribution in [0.25, 0.3) is 5.69 Å². The highest BCUT2D eigenvalue weighted by Crippen LogP contribution is 2.26. The predicted molar refractivity (Wildman–Crippen MR) is 111 cm³/mol. The van der Waals surface area contributed by atoms with E-state index in [2.05, 4.69) is 20.9 Å². The molecule has 0 unspecified atom stereocenters. The number of benzene rings is 1. The molecule has 4 rings (SSSR count). The summed E-state index contributed by atoms with van der Waals surface area (Å²) in [6, 6.07) is 5.92. The Morgan fingerprint density at radius 2 is 2.17 bits per heavy atom. The van der Waals surface area contributed by atoms with Crippen molar-refractivity contribution in [3.8, 4) is 5.69 Å². The predicted octanol–water partition coefficient (Wildman–Crippen LogP) is 1.57.